The first-order valence-corrected chi connectivity index (χ1v) is 10.0. The first kappa shape index (κ1) is 8.01. The normalized spacial score (nSPS) is 44.7. The quantitative estimate of drug-likeness (QED) is 0.529. The topological polar surface area (TPSA) is 9.23 Å². The van der Waals surface area contributed by atoms with Crippen LogP contribution in [0.25, 0.3) is 0 Å². The third-order valence-corrected chi connectivity index (χ3v) is 13.9. The number of hydrogen-bond donors (Lipinski definition) is 0. The zero-order chi connectivity index (χ0) is 8.33. The minimum Gasteiger partial charge on any atom is -0.455 e. The van der Waals surface area contributed by atoms with Gasteiger partial charge < -0.3 is 4.12 Å². The molecule has 1 atom stereocenters. The van der Waals surface area contributed by atoms with Crippen LogP contribution in [0.2, 0.25) is 36.3 Å². The molecule has 3 heteroatoms. The molecule has 64 valence electrons. The Morgan fingerprint density at radius 1 is 1.18 bits per heavy atom. The SMILES string of the molecule is CC1(C)C[Si]12CC[Si](C)(C)O2. The monoisotopic (exact) mass is 186 g/mol. The maximum Gasteiger partial charge on any atom is 0.185 e. The van der Waals surface area contributed by atoms with Crippen molar-refractivity contribution in [1.29, 1.82) is 0 Å². The first-order valence-electron chi connectivity index (χ1n) is 4.57. The van der Waals surface area contributed by atoms with Crippen LogP contribution in [0.4, 0.5) is 0 Å². The summed E-state index contributed by atoms with van der Waals surface area (Å²) in [6.45, 7) is 9.55. The van der Waals surface area contributed by atoms with E-state index in [1.807, 2.05) is 0 Å². The second-order valence-corrected chi connectivity index (χ2v) is 14.4. The molecule has 11 heavy (non-hydrogen) atoms. The Morgan fingerprint density at radius 2 is 1.73 bits per heavy atom. The van der Waals surface area contributed by atoms with Gasteiger partial charge in [0.05, 0.1) is 0 Å². The van der Waals surface area contributed by atoms with Crippen LogP contribution in [-0.2, 0) is 4.12 Å². The van der Waals surface area contributed by atoms with Crippen molar-refractivity contribution in [3.05, 3.63) is 0 Å². The van der Waals surface area contributed by atoms with Crippen LogP contribution in [0.5, 0.6) is 0 Å². The maximum atomic E-state index is 6.34. The molecule has 2 heterocycles. The van der Waals surface area contributed by atoms with Gasteiger partial charge in [0.1, 0.15) is 0 Å². The van der Waals surface area contributed by atoms with Gasteiger partial charge in [-0.25, -0.2) is 0 Å². The van der Waals surface area contributed by atoms with E-state index in [0.717, 1.165) is 0 Å². The summed E-state index contributed by atoms with van der Waals surface area (Å²) in [6.07, 6.45) is 0. The van der Waals surface area contributed by atoms with Crippen molar-refractivity contribution in [2.24, 2.45) is 0 Å². The van der Waals surface area contributed by atoms with E-state index in [4.69, 9.17) is 4.12 Å². The molecular weight excluding hydrogens is 168 g/mol. The van der Waals surface area contributed by atoms with Crippen molar-refractivity contribution in [1.82, 2.24) is 0 Å². The summed E-state index contributed by atoms with van der Waals surface area (Å²) in [7, 11) is -2.23. The Morgan fingerprint density at radius 3 is 1.91 bits per heavy atom. The Balaban J connectivity index is 2.13. The van der Waals surface area contributed by atoms with E-state index in [2.05, 4.69) is 26.9 Å². The predicted molar refractivity (Wildman–Crippen MR) is 52.8 cm³/mol. The van der Waals surface area contributed by atoms with E-state index in [1.54, 1.807) is 0 Å². The van der Waals surface area contributed by atoms with Gasteiger partial charge in [0.15, 0.2) is 16.6 Å². The molecule has 0 aliphatic carbocycles. The molecule has 0 amide bonds. The highest BCUT2D eigenvalue weighted by Crippen LogP contribution is 2.68. The molecule has 2 rings (SSSR count). The van der Waals surface area contributed by atoms with Gasteiger partial charge in [-0.05, 0) is 36.3 Å². The van der Waals surface area contributed by atoms with Gasteiger partial charge in [-0.15, -0.1) is 0 Å². The molecule has 2 fully saturated rings. The summed E-state index contributed by atoms with van der Waals surface area (Å²) in [5, 5.41) is 0.633. The van der Waals surface area contributed by atoms with Gasteiger partial charge in [0.25, 0.3) is 0 Å². The highest BCUT2D eigenvalue weighted by Gasteiger charge is 2.69. The molecular formula is C8H18OSi2. The zero-order valence-electron chi connectivity index (χ0n) is 8.03. The van der Waals surface area contributed by atoms with E-state index in [-0.39, 0.29) is 0 Å². The lowest BCUT2D eigenvalue weighted by Gasteiger charge is -2.18. The van der Waals surface area contributed by atoms with Crippen LogP contribution in [0.15, 0.2) is 0 Å². The summed E-state index contributed by atoms with van der Waals surface area (Å²) >= 11 is 0. The lowest BCUT2D eigenvalue weighted by atomic mass is 10.3. The standard InChI is InChI=1S/C8H18OSi2/c1-8(2)7-11(8)6-5-10(3,4)9-11/h5-7H2,1-4H3. The average Bonchev–Trinajstić information content (AvgIpc) is 2.09. The lowest BCUT2D eigenvalue weighted by molar-refractivity contribution is 0.576. The minimum atomic E-state index is -1.14. The van der Waals surface area contributed by atoms with E-state index in [0.29, 0.717) is 5.04 Å². The summed E-state index contributed by atoms with van der Waals surface area (Å²) in [5.41, 5.74) is 0. The van der Waals surface area contributed by atoms with Gasteiger partial charge in [0, 0.05) is 0 Å². The van der Waals surface area contributed by atoms with Crippen LogP contribution in [0.1, 0.15) is 13.8 Å². The van der Waals surface area contributed by atoms with Gasteiger partial charge in [0.2, 0.25) is 0 Å². The fraction of sp³-hybridized carbons (Fsp3) is 1.00. The van der Waals surface area contributed by atoms with Crippen molar-refractivity contribution in [2.75, 3.05) is 0 Å². The summed E-state index contributed by atoms with van der Waals surface area (Å²) in [5.74, 6) is 0. The molecule has 1 unspecified atom stereocenters. The van der Waals surface area contributed by atoms with E-state index in [1.165, 1.54) is 18.1 Å². The van der Waals surface area contributed by atoms with Crippen molar-refractivity contribution in [3.8, 4) is 0 Å². The fourth-order valence-electron chi connectivity index (χ4n) is 2.40. The van der Waals surface area contributed by atoms with E-state index < -0.39 is 16.6 Å². The van der Waals surface area contributed by atoms with Crippen LogP contribution < -0.4 is 0 Å². The van der Waals surface area contributed by atoms with Gasteiger partial charge in [-0.3, -0.25) is 0 Å². The molecule has 2 saturated heterocycles. The van der Waals surface area contributed by atoms with Crippen molar-refractivity contribution in [3.63, 3.8) is 0 Å². The second-order valence-electron chi connectivity index (χ2n) is 5.42. The molecule has 0 saturated carbocycles. The van der Waals surface area contributed by atoms with Crippen LogP contribution >= 0.6 is 0 Å². The van der Waals surface area contributed by atoms with E-state index >= 15 is 0 Å². The molecule has 0 radical (unpaired) electrons. The van der Waals surface area contributed by atoms with Crippen LogP contribution in [0, 0.1) is 0 Å². The Kier molecular flexibility index (Phi) is 1.33. The fourth-order valence-corrected chi connectivity index (χ4v) is 15.7. The van der Waals surface area contributed by atoms with Crippen molar-refractivity contribution < 1.29 is 4.12 Å². The van der Waals surface area contributed by atoms with Crippen LogP contribution in [-0.4, -0.2) is 16.6 Å². The molecule has 2 aliphatic rings. The van der Waals surface area contributed by atoms with E-state index in [9.17, 15) is 0 Å². The second kappa shape index (κ2) is 1.83. The molecule has 0 aromatic rings. The average molecular weight is 186 g/mol. The van der Waals surface area contributed by atoms with Gasteiger partial charge >= 0.3 is 0 Å². The Bertz CT molecular complexity index is 194. The molecule has 1 nitrogen and oxygen atoms in total. The Labute approximate surface area is 71.4 Å². The third-order valence-electron chi connectivity index (χ3n) is 3.44. The minimum absolute atomic E-state index is 0.633. The summed E-state index contributed by atoms with van der Waals surface area (Å²) in [6, 6.07) is 4.35. The number of hydrogen-bond acceptors (Lipinski definition) is 1. The Hall–Kier alpha value is 0.394. The molecule has 1 spiro atoms. The smallest absolute Gasteiger partial charge is 0.185 e. The lowest BCUT2D eigenvalue weighted by Crippen LogP contribution is -2.30. The maximum absolute atomic E-state index is 6.34. The highest BCUT2D eigenvalue weighted by molar-refractivity contribution is 6.98. The van der Waals surface area contributed by atoms with Crippen LogP contribution in [0.3, 0.4) is 0 Å². The third kappa shape index (κ3) is 1.05. The van der Waals surface area contributed by atoms with Gasteiger partial charge in [-0.1, -0.05) is 13.8 Å². The van der Waals surface area contributed by atoms with Gasteiger partial charge in [-0.2, -0.15) is 0 Å². The summed E-state index contributed by atoms with van der Waals surface area (Å²) < 4.78 is 6.34. The van der Waals surface area contributed by atoms with Crippen molar-refractivity contribution in [2.45, 2.75) is 50.1 Å². The molecule has 0 bridgehead atoms. The predicted octanol–water partition coefficient (Wildman–Crippen LogP) is 2.96. The zero-order valence-corrected chi connectivity index (χ0v) is 10.0. The summed E-state index contributed by atoms with van der Waals surface area (Å²) in [4.78, 5) is 0. The first-order chi connectivity index (χ1) is 4.87. The molecule has 2 aliphatic heterocycles. The number of rotatable bonds is 0. The molecule has 0 aromatic carbocycles. The molecule has 0 aromatic heterocycles. The van der Waals surface area contributed by atoms with Crippen molar-refractivity contribution >= 4 is 16.6 Å². The highest BCUT2D eigenvalue weighted by atomic mass is 28.4. The largest absolute Gasteiger partial charge is 0.455 e. The molecule has 0 N–H and O–H groups in total.